The summed E-state index contributed by atoms with van der Waals surface area (Å²) in [4.78, 5) is 14.3. The van der Waals surface area contributed by atoms with E-state index >= 15 is 0 Å². The van der Waals surface area contributed by atoms with Crippen LogP contribution in [0.4, 0.5) is 0 Å². The van der Waals surface area contributed by atoms with E-state index in [0.717, 1.165) is 38.1 Å². The second kappa shape index (κ2) is 7.48. The molecule has 0 spiro atoms. The molecule has 1 amide bonds. The number of oxime groups is 1. The third-order valence-electron chi connectivity index (χ3n) is 4.13. The van der Waals surface area contributed by atoms with Gasteiger partial charge >= 0.3 is 0 Å². The van der Waals surface area contributed by atoms with Gasteiger partial charge in [-0.05, 0) is 26.7 Å². The standard InChI is InChI=1S/C14H27N3O2/c1-5-10(3)15-14(18)11(4)17-8-7-13(16-19)12(6-2)9-17/h10-12,19H,5-9H2,1-4H3,(H,15,18). The average Bonchev–Trinajstić information content (AvgIpc) is 2.45. The number of nitrogens with one attached hydrogen (secondary N) is 1. The molecule has 5 nitrogen and oxygen atoms in total. The second-order valence-electron chi connectivity index (χ2n) is 5.44. The molecule has 0 saturated carbocycles. The fourth-order valence-corrected chi connectivity index (χ4v) is 2.42. The zero-order valence-electron chi connectivity index (χ0n) is 12.5. The molecule has 0 aromatic carbocycles. The topological polar surface area (TPSA) is 64.9 Å². The fourth-order valence-electron chi connectivity index (χ4n) is 2.42. The summed E-state index contributed by atoms with van der Waals surface area (Å²) in [5.74, 6) is 0.353. The van der Waals surface area contributed by atoms with Crippen LogP contribution in [0.1, 0.15) is 47.0 Å². The molecule has 1 heterocycles. The molecule has 1 aliphatic heterocycles. The van der Waals surface area contributed by atoms with Crippen LogP contribution in [-0.2, 0) is 4.79 Å². The molecular formula is C14H27N3O2. The van der Waals surface area contributed by atoms with Crippen LogP contribution < -0.4 is 5.32 Å². The summed E-state index contributed by atoms with van der Waals surface area (Å²) < 4.78 is 0. The largest absolute Gasteiger partial charge is 0.411 e. The molecule has 3 unspecified atom stereocenters. The van der Waals surface area contributed by atoms with Gasteiger partial charge in [-0.2, -0.15) is 0 Å². The van der Waals surface area contributed by atoms with E-state index in [1.807, 2.05) is 13.8 Å². The number of hydrogen-bond donors (Lipinski definition) is 2. The summed E-state index contributed by atoms with van der Waals surface area (Å²) in [7, 11) is 0. The molecule has 0 aromatic heterocycles. The molecule has 5 heteroatoms. The molecule has 2 N–H and O–H groups in total. The molecule has 0 bridgehead atoms. The zero-order chi connectivity index (χ0) is 14.4. The molecule has 0 radical (unpaired) electrons. The monoisotopic (exact) mass is 269 g/mol. The van der Waals surface area contributed by atoms with Crippen molar-refractivity contribution in [3.8, 4) is 0 Å². The van der Waals surface area contributed by atoms with E-state index < -0.39 is 0 Å². The van der Waals surface area contributed by atoms with Crippen molar-refractivity contribution < 1.29 is 10.0 Å². The Bertz CT molecular complexity index is 331. The van der Waals surface area contributed by atoms with Crippen LogP contribution in [0.25, 0.3) is 0 Å². The number of carbonyl (C=O) groups is 1. The van der Waals surface area contributed by atoms with Crippen LogP contribution in [0.2, 0.25) is 0 Å². The number of likely N-dealkylation sites (tertiary alicyclic amines) is 1. The van der Waals surface area contributed by atoms with E-state index in [1.54, 1.807) is 0 Å². The first-order chi connectivity index (χ1) is 9.03. The number of nitrogens with zero attached hydrogens (tertiary/aromatic N) is 2. The number of carbonyl (C=O) groups excluding carboxylic acids is 1. The van der Waals surface area contributed by atoms with Crippen molar-refractivity contribution in [2.45, 2.75) is 59.0 Å². The molecule has 0 aromatic rings. The Kier molecular flexibility index (Phi) is 6.28. The van der Waals surface area contributed by atoms with Crippen molar-refractivity contribution in [1.29, 1.82) is 0 Å². The number of rotatable bonds is 5. The van der Waals surface area contributed by atoms with Crippen LogP contribution in [0.5, 0.6) is 0 Å². The first kappa shape index (κ1) is 16.0. The molecule has 1 fully saturated rings. The Hall–Kier alpha value is -1.10. The quantitative estimate of drug-likeness (QED) is 0.591. The van der Waals surface area contributed by atoms with Gasteiger partial charge in [0.15, 0.2) is 0 Å². The van der Waals surface area contributed by atoms with Gasteiger partial charge in [0.2, 0.25) is 5.91 Å². The summed E-state index contributed by atoms with van der Waals surface area (Å²) in [6.45, 7) is 9.70. The van der Waals surface area contributed by atoms with Gasteiger partial charge in [-0.15, -0.1) is 0 Å². The fraction of sp³-hybridized carbons (Fsp3) is 0.857. The maximum absolute atomic E-state index is 12.1. The van der Waals surface area contributed by atoms with Gasteiger partial charge in [0.25, 0.3) is 0 Å². The van der Waals surface area contributed by atoms with Gasteiger partial charge in [-0.3, -0.25) is 9.69 Å². The Balaban J connectivity index is 2.58. The van der Waals surface area contributed by atoms with Gasteiger partial charge in [-0.1, -0.05) is 19.0 Å². The zero-order valence-corrected chi connectivity index (χ0v) is 12.5. The lowest BCUT2D eigenvalue weighted by atomic mass is 9.92. The van der Waals surface area contributed by atoms with Gasteiger partial charge < -0.3 is 10.5 Å². The van der Waals surface area contributed by atoms with Crippen LogP contribution in [0, 0.1) is 5.92 Å². The van der Waals surface area contributed by atoms with Gasteiger partial charge in [0.1, 0.15) is 0 Å². The minimum atomic E-state index is -0.122. The Morgan fingerprint density at radius 1 is 1.53 bits per heavy atom. The lowest BCUT2D eigenvalue weighted by Crippen LogP contribution is -2.52. The van der Waals surface area contributed by atoms with Crippen molar-refractivity contribution in [2.75, 3.05) is 13.1 Å². The Labute approximate surface area is 116 Å². The molecule has 1 aliphatic rings. The van der Waals surface area contributed by atoms with Crippen LogP contribution >= 0.6 is 0 Å². The molecule has 1 saturated heterocycles. The maximum atomic E-state index is 12.1. The predicted molar refractivity (Wildman–Crippen MR) is 76.6 cm³/mol. The predicted octanol–water partition coefficient (Wildman–Crippen LogP) is 1.85. The van der Waals surface area contributed by atoms with Crippen molar-refractivity contribution in [1.82, 2.24) is 10.2 Å². The third kappa shape index (κ3) is 4.20. The summed E-state index contributed by atoms with van der Waals surface area (Å²) in [5, 5.41) is 15.4. The highest BCUT2D eigenvalue weighted by Crippen LogP contribution is 2.19. The van der Waals surface area contributed by atoms with Gasteiger partial charge in [-0.25, -0.2) is 0 Å². The summed E-state index contributed by atoms with van der Waals surface area (Å²) in [6.07, 6.45) is 2.63. The molecule has 0 aliphatic carbocycles. The minimum Gasteiger partial charge on any atom is -0.411 e. The highest BCUT2D eigenvalue weighted by Gasteiger charge is 2.30. The number of hydrogen-bond acceptors (Lipinski definition) is 4. The molecular weight excluding hydrogens is 242 g/mol. The van der Waals surface area contributed by atoms with E-state index in [4.69, 9.17) is 5.21 Å². The molecule has 1 rings (SSSR count). The van der Waals surface area contributed by atoms with Crippen LogP contribution in [0.3, 0.4) is 0 Å². The van der Waals surface area contributed by atoms with E-state index in [-0.39, 0.29) is 23.9 Å². The van der Waals surface area contributed by atoms with Gasteiger partial charge in [0.05, 0.1) is 11.8 Å². The van der Waals surface area contributed by atoms with Crippen molar-refractivity contribution in [3.05, 3.63) is 0 Å². The normalized spacial score (nSPS) is 26.1. The summed E-state index contributed by atoms with van der Waals surface area (Å²) in [5.41, 5.74) is 0.869. The number of amides is 1. The van der Waals surface area contributed by atoms with Crippen LogP contribution in [0.15, 0.2) is 5.16 Å². The Morgan fingerprint density at radius 3 is 2.74 bits per heavy atom. The van der Waals surface area contributed by atoms with E-state index in [0.29, 0.717) is 0 Å². The van der Waals surface area contributed by atoms with Crippen molar-refractivity contribution in [2.24, 2.45) is 11.1 Å². The maximum Gasteiger partial charge on any atom is 0.237 e. The second-order valence-corrected chi connectivity index (χ2v) is 5.44. The lowest BCUT2D eigenvalue weighted by molar-refractivity contribution is -0.126. The van der Waals surface area contributed by atoms with E-state index in [1.165, 1.54) is 0 Å². The smallest absolute Gasteiger partial charge is 0.237 e. The van der Waals surface area contributed by atoms with Crippen molar-refractivity contribution >= 4 is 11.6 Å². The van der Waals surface area contributed by atoms with E-state index in [2.05, 4.69) is 29.2 Å². The van der Waals surface area contributed by atoms with E-state index in [9.17, 15) is 4.79 Å². The SMILES string of the molecule is CCC(C)NC(=O)C(C)N1CCC(=NO)C(CC)C1. The average molecular weight is 269 g/mol. The summed E-state index contributed by atoms with van der Waals surface area (Å²) in [6, 6.07) is 0.0968. The highest BCUT2D eigenvalue weighted by atomic mass is 16.4. The lowest BCUT2D eigenvalue weighted by Gasteiger charge is -2.36. The number of piperidine rings is 1. The van der Waals surface area contributed by atoms with Crippen molar-refractivity contribution in [3.63, 3.8) is 0 Å². The molecule has 3 atom stereocenters. The highest BCUT2D eigenvalue weighted by molar-refractivity contribution is 5.88. The molecule has 19 heavy (non-hydrogen) atoms. The van der Waals surface area contributed by atoms with Crippen LogP contribution in [-0.4, -0.2) is 46.9 Å². The Morgan fingerprint density at radius 2 is 2.21 bits per heavy atom. The first-order valence-electron chi connectivity index (χ1n) is 7.28. The first-order valence-corrected chi connectivity index (χ1v) is 7.28. The molecule has 110 valence electrons. The summed E-state index contributed by atoms with van der Waals surface area (Å²) >= 11 is 0. The van der Waals surface area contributed by atoms with Gasteiger partial charge in [0, 0.05) is 31.5 Å². The third-order valence-corrected chi connectivity index (χ3v) is 4.13. The minimum absolute atomic E-state index is 0.0913.